The molecule has 0 aliphatic rings. The number of hydrogen-bond donors (Lipinski definition) is 1. The molecule has 0 saturated heterocycles. The molecule has 0 spiro atoms. The predicted octanol–water partition coefficient (Wildman–Crippen LogP) is 2.54. The van der Waals surface area contributed by atoms with E-state index in [4.69, 9.17) is 11.5 Å². The number of terminal acetylenes is 1. The van der Waals surface area contributed by atoms with Gasteiger partial charge in [0.05, 0.1) is 5.92 Å². The Morgan fingerprint density at radius 2 is 2.23 bits per heavy atom. The average molecular weight is 182 g/mol. The van der Waals surface area contributed by atoms with E-state index in [9.17, 15) is 4.79 Å². The van der Waals surface area contributed by atoms with Crippen LogP contribution in [0.2, 0.25) is 0 Å². The van der Waals surface area contributed by atoms with Crippen LogP contribution in [-0.2, 0) is 4.79 Å². The minimum atomic E-state index is -0.763. The van der Waals surface area contributed by atoms with Crippen LogP contribution in [0, 0.1) is 24.2 Å². The highest BCUT2D eigenvalue weighted by Crippen LogP contribution is 2.19. The third-order valence-corrected chi connectivity index (χ3v) is 2.18. The van der Waals surface area contributed by atoms with Crippen molar-refractivity contribution >= 4 is 5.97 Å². The maximum absolute atomic E-state index is 10.7. The van der Waals surface area contributed by atoms with Gasteiger partial charge in [-0.05, 0) is 12.3 Å². The molecule has 0 saturated carbocycles. The van der Waals surface area contributed by atoms with Gasteiger partial charge in [0.2, 0.25) is 0 Å². The van der Waals surface area contributed by atoms with Crippen molar-refractivity contribution in [1.82, 2.24) is 0 Å². The molecule has 0 rings (SSSR count). The highest BCUT2D eigenvalue weighted by Gasteiger charge is 2.18. The van der Waals surface area contributed by atoms with Gasteiger partial charge in [0.15, 0.2) is 0 Å². The molecule has 2 heteroatoms. The largest absolute Gasteiger partial charge is 0.481 e. The molecule has 0 heterocycles. The van der Waals surface area contributed by atoms with Crippen LogP contribution in [0.3, 0.4) is 0 Å². The Bertz CT molecular complexity index is 191. The van der Waals surface area contributed by atoms with Crippen molar-refractivity contribution in [2.45, 2.75) is 39.5 Å². The van der Waals surface area contributed by atoms with Gasteiger partial charge in [-0.1, -0.05) is 26.7 Å². The number of carboxylic acids is 1. The maximum atomic E-state index is 10.7. The minimum Gasteiger partial charge on any atom is -0.481 e. The maximum Gasteiger partial charge on any atom is 0.307 e. The second-order valence-corrected chi connectivity index (χ2v) is 3.57. The first-order valence-electron chi connectivity index (χ1n) is 4.78. The van der Waals surface area contributed by atoms with Gasteiger partial charge in [-0.15, -0.1) is 12.3 Å². The van der Waals surface area contributed by atoms with Crippen LogP contribution in [0.25, 0.3) is 0 Å². The summed E-state index contributed by atoms with van der Waals surface area (Å²) in [5, 5.41) is 8.83. The van der Waals surface area contributed by atoms with Crippen LogP contribution in [0.4, 0.5) is 0 Å². The lowest BCUT2D eigenvalue weighted by Gasteiger charge is -2.14. The summed E-state index contributed by atoms with van der Waals surface area (Å²) >= 11 is 0. The fraction of sp³-hybridized carbons (Fsp3) is 0.727. The molecule has 0 aromatic heterocycles. The summed E-state index contributed by atoms with van der Waals surface area (Å²) in [5.41, 5.74) is 0. The lowest BCUT2D eigenvalue weighted by molar-refractivity contribution is -0.142. The molecule has 1 N–H and O–H groups in total. The topological polar surface area (TPSA) is 37.3 Å². The van der Waals surface area contributed by atoms with Crippen LogP contribution in [0.5, 0.6) is 0 Å². The van der Waals surface area contributed by atoms with Gasteiger partial charge in [0.1, 0.15) is 0 Å². The lowest BCUT2D eigenvalue weighted by Crippen LogP contribution is -2.16. The molecule has 13 heavy (non-hydrogen) atoms. The first-order chi connectivity index (χ1) is 6.11. The molecule has 74 valence electrons. The Morgan fingerprint density at radius 1 is 1.62 bits per heavy atom. The van der Waals surface area contributed by atoms with E-state index < -0.39 is 5.97 Å². The van der Waals surface area contributed by atoms with E-state index >= 15 is 0 Å². The quantitative estimate of drug-likeness (QED) is 0.641. The lowest BCUT2D eigenvalue weighted by atomic mass is 9.91. The molecule has 2 unspecified atom stereocenters. The van der Waals surface area contributed by atoms with Crippen molar-refractivity contribution in [3.05, 3.63) is 0 Å². The Hall–Kier alpha value is -0.970. The number of rotatable bonds is 6. The number of carbonyl (C=O) groups is 1. The summed E-state index contributed by atoms with van der Waals surface area (Å²) in [7, 11) is 0. The fourth-order valence-electron chi connectivity index (χ4n) is 1.51. The summed E-state index contributed by atoms with van der Waals surface area (Å²) in [5.74, 6) is 1.76. The Labute approximate surface area is 80.3 Å². The smallest absolute Gasteiger partial charge is 0.307 e. The van der Waals surface area contributed by atoms with Crippen molar-refractivity contribution in [3.63, 3.8) is 0 Å². The Morgan fingerprint density at radius 3 is 2.62 bits per heavy atom. The molecule has 0 aromatic rings. The van der Waals surface area contributed by atoms with Crippen molar-refractivity contribution < 1.29 is 9.90 Å². The molecule has 0 aromatic carbocycles. The third-order valence-electron chi connectivity index (χ3n) is 2.18. The monoisotopic (exact) mass is 182 g/mol. The van der Waals surface area contributed by atoms with E-state index in [0.717, 1.165) is 12.8 Å². The normalized spacial score (nSPS) is 14.5. The average Bonchev–Trinajstić information content (AvgIpc) is 2.04. The predicted molar refractivity (Wildman–Crippen MR) is 53.3 cm³/mol. The fourth-order valence-corrected chi connectivity index (χ4v) is 1.51. The van der Waals surface area contributed by atoms with Gasteiger partial charge in [0, 0.05) is 6.42 Å². The Kier molecular flexibility index (Phi) is 6.05. The number of hydrogen-bond acceptors (Lipinski definition) is 1. The molecule has 0 aliphatic heterocycles. The number of carboxylic acid groups (broad SMARTS) is 1. The van der Waals surface area contributed by atoms with E-state index in [-0.39, 0.29) is 5.92 Å². The highest BCUT2D eigenvalue weighted by molar-refractivity contribution is 5.70. The molecule has 0 aliphatic carbocycles. The molecule has 2 atom stereocenters. The van der Waals surface area contributed by atoms with Crippen molar-refractivity contribution in [2.24, 2.45) is 11.8 Å². The molecule has 2 nitrogen and oxygen atoms in total. The molecule has 0 radical (unpaired) electrons. The van der Waals surface area contributed by atoms with Crippen LogP contribution >= 0.6 is 0 Å². The first-order valence-corrected chi connectivity index (χ1v) is 4.78. The van der Waals surface area contributed by atoms with E-state index in [1.54, 1.807) is 0 Å². The van der Waals surface area contributed by atoms with Gasteiger partial charge >= 0.3 is 5.97 Å². The second kappa shape index (κ2) is 6.54. The molecular formula is C11H18O2. The van der Waals surface area contributed by atoms with E-state index in [1.807, 2.05) is 0 Å². The molecule has 0 fully saturated rings. The van der Waals surface area contributed by atoms with Gasteiger partial charge < -0.3 is 5.11 Å². The molecule has 0 amide bonds. The summed E-state index contributed by atoms with van der Waals surface area (Å²) in [6, 6.07) is 0. The molecular weight excluding hydrogens is 164 g/mol. The third kappa shape index (κ3) is 5.30. The molecule has 0 bridgehead atoms. The van der Waals surface area contributed by atoms with Crippen LogP contribution < -0.4 is 0 Å². The van der Waals surface area contributed by atoms with Crippen LogP contribution in [0.15, 0.2) is 0 Å². The van der Waals surface area contributed by atoms with Crippen LogP contribution in [0.1, 0.15) is 39.5 Å². The Balaban J connectivity index is 3.95. The summed E-state index contributed by atoms with van der Waals surface area (Å²) < 4.78 is 0. The summed E-state index contributed by atoms with van der Waals surface area (Å²) in [6.45, 7) is 4.18. The summed E-state index contributed by atoms with van der Waals surface area (Å²) in [6.07, 6.45) is 8.33. The highest BCUT2D eigenvalue weighted by atomic mass is 16.4. The van der Waals surface area contributed by atoms with Crippen molar-refractivity contribution in [3.8, 4) is 12.3 Å². The zero-order valence-electron chi connectivity index (χ0n) is 8.42. The van der Waals surface area contributed by atoms with E-state index in [2.05, 4.69) is 19.8 Å². The minimum absolute atomic E-state index is 0.351. The second-order valence-electron chi connectivity index (χ2n) is 3.57. The van der Waals surface area contributed by atoms with Gasteiger partial charge in [0.25, 0.3) is 0 Å². The van der Waals surface area contributed by atoms with E-state index in [1.165, 1.54) is 0 Å². The standard InChI is InChI=1S/C11H18O2/c1-4-6-9(3)8-10(7-5-2)11(12)13/h2,9-10H,4,6-8H2,1,3H3,(H,12,13). The van der Waals surface area contributed by atoms with Gasteiger partial charge in [-0.2, -0.15) is 0 Å². The zero-order valence-corrected chi connectivity index (χ0v) is 8.42. The van der Waals surface area contributed by atoms with Gasteiger partial charge in [-0.3, -0.25) is 4.79 Å². The first kappa shape index (κ1) is 12.0. The van der Waals surface area contributed by atoms with E-state index in [0.29, 0.717) is 18.8 Å². The van der Waals surface area contributed by atoms with Gasteiger partial charge in [-0.25, -0.2) is 0 Å². The van der Waals surface area contributed by atoms with Crippen LogP contribution in [-0.4, -0.2) is 11.1 Å². The van der Waals surface area contributed by atoms with Crippen molar-refractivity contribution in [1.29, 1.82) is 0 Å². The zero-order chi connectivity index (χ0) is 10.3. The summed E-state index contributed by atoms with van der Waals surface area (Å²) in [4.78, 5) is 10.7. The number of aliphatic carboxylic acids is 1. The SMILES string of the molecule is C#CCC(CC(C)CCC)C(=O)O. The van der Waals surface area contributed by atoms with Crippen molar-refractivity contribution in [2.75, 3.05) is 0 Å².